The maximum Gasteiger partial charge on any atom is 0.270 e. The molecular weight excluding hydrogens is 324 g/mol. The van der Waals surface area contributed by atoms with Gasteiger partial charge in [-0.05, 0) is 25.1 Å². The second-order valence-corrected chi connectivity index (χ2v) is 7.24. The molecule has 0 amide bonds. The first-order chi connectivity index (χ1) is 11.6. The first-order valence-electron chi connectivity index (χ1n) is 7.77. The van der Waals surface area contributed by atoms with Crippen LogP contribution >= 0.6 is 11.3 Å². The summed E-state index contributed by atoms with van der Waals surface area (Å²) in [5, 5.41) is 0. The number of thiazole rings is 1. The molecule has 0 fully saturated rings. The molecule has 24 heavy (non-hydrogen) atoms. The first kappa shape index (κ1) is 13.8. The number of furan rings is 1. The Labute approximate surface area is 141 Å². The lowest BCUT2D eigenvalue weighted by Crippen LogP contribution is -2.49. The van der Waals surface area contributed by atoms with Crippen LogP contribution in [0.5, 0.6) is 5.75 Å². The van der Waals surface area contributed by atoms with Crippen LogP contribution < -0.4 is 19.6 Å². The van der Waals surface area contributed by atoms with E-state index in [0.717, 1.165) is 11.3 Å². The van der Waals surface area contributed by atoms with Crippen LogP contribution in [0.4, 0.5) is 0 Å². The molecule has 2 aliphatic heterocycles. The number of nitrogens with zero attached hydrogens (tertiary/aromatic N) is 2. The Morgan fingerprint density at radius 2 is 2.21 bits per heavy atom. The van der Waals surface area contributed by atoms with Crippen molar-refractivity contribution in [2.45, 2.75) is 25.1 Å². The molecule has 0 saturated carbocycles. The van der Waals surface area contributed by atoms with Gasteiger partial charge in [-0.15, -0.1) is 0 Å². The molecule has 2 bridgehead atoms. The molecule has 2 atom stereocenters. The molecule has 0 saturated heterocycles. The molecule has 6 heteroatoms. The average Bonchev–Trinajstić information content (AvgIpc) is 3.16. The van der Waals surface area contributed by atoms with Crippen molar-refractivity contribution in [2.24, 2.45) is 4.99 Å². The van der Waals surface area contributed by atoms with Crippen LogP contribution in [-0.2, 0) is 0 Å². The van der Waals surface area contributed by atoms with Crippen molar-refractivity contribution in [3.05, 3.63) is 73.7 Å². The van der Waals surface area contributed by atoms with E-state index in [2.05, 4.69) is 0 Å². The molecule has 2 aliphatic rings. The van der Waals surface area contributed by atoms with E-state index < -0.39 is 5.72 Å². The Hall–Kier alpha value is -2.60. The molecule has 0 spiro atoms. The molecule has 5 nitrogen and oxygen atoms in total. The summed E-state index contributed by atoms with van der Waals surface area (Å²) in [5.74, 6) is 1.47. The lowest BCUT2D eigenvalue weighted by atomic mass is 9.93. The highest BCUT2D eigenvalue weighted by molar-refractivity contribution is 7.07. The van der Waals surface area contributed by atoms with Gasteiger partial charge in [0.15, 0.2) is 4.80 Å². The van der Waals surface area contributed by atoms with Gasteiger partial charge < -0.3 is 9.15 Å². The van der Waals surface area contributed by atoms with Gasteiger partial charge >= 0.3 is 0 Å². The van der Waals surface area contributed by atoms with E-state index in [-0.39, 0.29) is 11.6 Å². The molecule has 3 aromatic rings. The fraction of sp³-hybridized carbons (Fsp3) is 0.222. The van der Waals surface area contributed by atoms with E-state index >= 15 is 0 Å². The lowest BCUT2D eigenvalue weighted by molar-refractivity contribution is 0.0410. The molecule has 0 aliphatic carbocycles. The third-order valence-corrected chi connectivity index (χ3v) is 5.46. The minimum absolute atomic E-state index is 0.0288. The summed E-state index contributed by atoms with van der Waals surface area (Å²) in [7, 11) is 0. The lowest BCUT2D eigenvalue weighted by Gasteiger charge is -2.39. The quantitative estimate of drug-likeness (QED) is 0.682. The number of fused-ring (bicyclic) bond motifs is 6. The molecule has 1 aromatic carbocycles. The highest BCUT2D eigenvalue weighted by Gasteiger charge is 2.42. The number of ether oxygens (including phenoxy) is 1. The van der Waals surface area contributed by atoms with Gasteiger partial charge in [0.05, 0.1) is 16.8 Å². The predicted octanol–water partition coefficient (Wildman–Crippen LogP) is 2.05. The summed E-state index contributed by atoms with van der Waals surface area (Å²) in [6.07, 6.45) is 4.03. The van der Waals surface area contributed by atoms with Gasteiger partial charge in [0.1, 0.15) is 11.5 Å². The molecule has 4 heterocycles. The van der Waals surface area contributed by atoms with Crippen LogP contribution in [0.2, 0.25) is 0 Å². The van der Waals surface area contributed by atoms with Crippen molar-refractivity contribution in [3.63, 3.8) is 0 Å². The Balaban J connectivity index is 1.80. The van der Waals surface area contributed by atoms with E-state index in [1.54, 1.807) is 23.0 Å². The van der Waals surface area contributed by atoms with Crippen molar-refractivity contribution in [1.29, 1.82) is 0 Å². The smallest absolute Gasteiger partial charge is 0.270 e. The van der Waals surface area contributed by atoms with E-state index in [0.29, 0.717) is 21.5 Å². The van der Waals surface area contributed by atoms with E-state index in [9.17, 15) is 4.79 Å². The summed E-state index contributed by atoms with van der Waals surface area (Å²) in [6.45, 7) is 1.97. The van der Waals surface area contributed by atoms with Gasteiger partial charge in [-0.25, -0.2) is 4.99 Å². The maximum absolute atomic E-state index is 13.0. The molecule has 5 rings (SSSR count). The van der Waals surface area contributed by atoms with Crippen LogP contribution in [0.1, 0.15) is 30.7 Å². The van der Waals surface area contributed by atoms with Gasteiger partial charge in [0.2, 0.25) is 5.72 Å². The number of hydrogen-bond acceptors (Lipinski definition) is 5. The van der Waals surface area contributed by atoms with Gasteiger partial charge in [-0.1, -0.05) is 29.5 Å². The number of rotatable bonds is 1. The van der Waals surface area contributed by atoms with Crippen LogP contribution in [0.25, 0.3) is 6.08 Å². The van der Waals surface area contributed by atoms with E-state index in [1.165, 1.54) is 11.3 Å². The molecule has 120 valence electrons. The van der Waals surface area contributed by atoms with E-state index in [4.69, 9.17) is 14.1 Å². The van der Waals surface area contributed by atoms with Crippen LogP contribution in [0.15, 0.2) is 56.9 Å². The zero-order chi connectivity index (χ0) is 16.3. The standard InChI is InChI=1S/C18H14N2O3S/c1-18-10-13(12-6-2-3-7-14(12)23-18)20-16(21)15(24-17(20)19-18)9-11-5-4-8-22-11/h2-9,13H,10H2,1H3/t13-,18-/m0/s1. The van der Waals surface area contributed by atoms with Crippen molar-refractivity contribution < 1.29 is 9.15 Å². The molecule has 0 radical (unpaired) electrons. The minimum atomic E-state index is -0.627. The summed E-state index contributed by atoms with van der Waals surface area (Å²) < 4.78 is 13.8. The second kappa shape index (κ2) is 4.70. The molecule has 0 N–H and O–H groups in total. The third-order valence-electron chi connectivity index (χ3n) is 4.48. The second-order valence-electron chi connectivity index (χ2n) is 6.23. The SMILES string of the molecule is C[C@@]12C[C@@H](c3ccccc3O1)n1c(sc(=Cc3ccco3)c1=O)=N2. The average molecular weight is 338 g/mol. The van der Waals surface area contributed by atoms with Crippen LogP contribution in [-0.4, -0.2) is 10.3 Å². The first-order valence-corrected chi connectivity index (χ1v) is 8.59. The zero-order valence-electron chi connectivity index (χ0n) is 12.9. The van der Waals surface area contributed by atoms with Crippen molar-refractivity contribution in [1.82, 2.24) is 4.57 Å². The normalized spacial score (nSPS) is 24.7. The topological polar surface area (TPSA) is 56.7 Å². The Morgan fingerprint density at radius 1 is 1.33 bits per heavy atom. The number of benzene rings is 1. The van der Waals surface area contributed by atoms with Crippen LogP contribution in [0.3, 0.4) is 0 Å². The van der Waals surface area contributed by atoms with Gasteiger partial charge in [0.25, 0.3) is 5.56 Å². The van der Waals surface area contributed by atoms with Crippen LogP contribution in [0, 0.1) is 0 Å². The number of aromatic nitrogens is 1. The predicted molar refractivity (Wildman–Crippen MR) is 89.9 cm³/mol. The van der Waals surface area contributed by atoms with Gasteiger partial charge in [-0.2, -0.15) is 0 Å². The Kier molecular flexibility index (Phi) is 2.71. The monoisotopic (exact) mass is 338 g/mol. The number of para-hydroxylation sites is 1. The fourth-order valence-corrected chi connectivity index (χ4v) is 4.54. The molecule has 2 aromatic heterocycles. The summed E-state index contributed by atoms with van der Waals surface area (Å²) >= 11 is 1.38. The number of hydrogen-bond donors (Lipinski definition) is 0. The molecule has 0 unspecified atom stereocenters. The summed E-state index contributed by atoms with van der Waals surface area (Å²) in [6, 6.07) is 11.5. The third kappa shape index (κ3) is 1.93. The van der Waals surface area contributed by atoms with E-state index in [1.807, 2.05) is 37.3 Å². The molecular formula is C18H14N2O3S. The fourth-order valence-electron chi connectivity index (χ4n) is 3.44. The van der Waals surface area contributed by atoms with Gasteiger partial charge in [0, 0.05) is 18.1 Å². The highest BCUT2D eigenvalue weighted by Crippen LogP contribution is 2.42. The Bertz CT molecular complexity index is 1110. The van der Waals surface area contributed by atoms with Crippen molar-refractivity contribution in [2.75, 3.05) is 0 Å². The van der Waals surface area contributed by atoms with Gasteiger partial charge in [-0.3, -0.25) is 9.36 Å². The Morgan fingerprint density at radius 3 is 3.04 bits per heavy atom. The minimum Gasteiger partial charge on any atom is -0.466 e. The highest BCUT2D eigenvalue weighted by atomic mass is 32.1. The van der Waals surface area contributed by atoms with Crippen molar-refractivity contribution >= 4 is 17.4 Å². The summed E-state index contributed by atoms with van der Waals surface area (Å²) in [5.41, 5.74) is 0.382. The maximum atomic E-state index is 13.0. The largest absolute Gasteiger partial charge is 0.466 e. The summed E-state index contributed by atoms with van der Waals surface area (Å²) in [4.78, 5) is 18.4. The van der Waals surface area contributed by atoms with Crippen molar-refractivity contribution in [3.8, 4) is 5.75 Å². The zero-order valence-corrected chi connectivity index (χ0v) is 13.7.